The van der Waals surface area contributed by atoms with Gasteiger partial charge in [-0.1, -0.05) is 48.7 Å². The lowest BCUT2D eigenvalue weighted by Gasteiger charge is -2.11. The van der Waals surface area contributed by atoms with Crippen LogP contribution >= 0.6 is 23.2 Å². The summed E-state index contributed by atoms with van der Waals surface area (Å²) in [5.74, 6) is -1.06. The fourth-order valence-corrected chi connectivity index (χ4v) is 4.01. The number of aryl methyl sites for hydroxylation is 1. The summed E-state index contributed by atoms with van der Waals surface area (Å²) in [6, 6.07) is 24.4. The molecule has 0 aliphatic rings. The number of hydrogen-bond acceptors (Lipinski definition) is 7. The number of ether oxygens (including phenoxy) is 3. The van der Waals surface area contributed by atoms with Crippen LogP contribution in [-0.2, 0) is 11.2 Å². The van der Waals surface area contributed by atoms with Crippen molar-refractivity contribution < 1.29 is 28.6 Å². The Labute approximate surface area is 259 Å². The molecule has 1 N–H and O–H groups in total. The number of hydrazone groups is 1. The summed E-state index contributed by atoms with van der Waals surface area (Å²) < 4.78 is 16.6. The monoisotopic (exact) mass is 618 g/mol. The van der Waals surface area contributed by atoms with Gasteiger partial charge in [-0.05, 0) is 91.2 Å². The number of unbranched alkanes of at least 4 members (excludes halogenated alkanes) is 1. The molecule has 4 aromatic rings. The minimum atomic E-state index is -0.675. The molecule has 8 nitrogen and oxygen atoms in total. The maximum Gasteiger partial charge on any atom is 0.343 e. The molecule has 0 aliphatic carbocycles. The van der Waals surface area contributed by atoms with E-state index in [1.165, 1.54) is 54.2 Å². The highest BCUT2D eigenvalue weighted by molar-refractivity contribution is 6.31. The van der Waals surface area contributed by atoms with Crippen molar-refractivity contribution >= 4 is 47.3 Å². The number of carbonyl (C=O) groups excluding carboxylic acids is 3. The van der Waals surface area contributed by atoms with Gasteiger partial charge in [0.05, 0.1) is 17.3 Å². The predicted molar refractivity (Wildman–Crippen MR) is 166 cm³/mol. The van der Waals surface area contributed by atoms with E-state index in [9.17, 15) is 14.4 Å². The average Bonchev–Trinajstić information content (AvgIpc) is 3.01. The molecule has 10 heteroatoms. The zero-order valence-electron chi connectivity index (χ0n) is 23.2. The van der Waals surface area contributed by atoms with E-state index in [0.717, 1.165) is 19.3 Å². The number of halogens is 2. The molecule has 0 radical (unpaired) electrons. The highest BCUT2D eigenvalue weighted by Gasteiger charge is 2.15. The number of hydrogen-bond donors (Lipinski definition) is 1. The van der Waals surface area contributed by atoms with E-state index in [-0.39, 0.29) is 29.2 Å². The number of rotatable bonds is 12. The Kier molecular flexibility index (Phi) is 11.3. The van der Waals surface area contributed by atoms with Crippen LogP contribution in [0.2, 0.25) is 10.0 Å². The topological polar surface area (TPSA) is 103 Å². The molecule has 0 unspecified atom stereocenters. The Morgan fingerprint density at radius 1 is 0.767 bits per heavy atom. The van der Waals surface area contributed by atoms with Crippen LogP contribution in [0.4, 0.5) is 0 Å². The van der Waals surface area contributed by atoms with E-state index in [1.54, 1.807) is 24.3 Å². The fraction of sp³-hybridized carbons (Fsp3) is 0.152. The summed E-state index contributed by atoms with van der Waals surface area (Å²) >= 11 is 11.8. The van der Waals surface area contributed by atoms with Gasteiger partial charge in [0, 0.05) is 21.7 Å². The first kappa shape index (κ1) is 31.3. The van der Waals surface area contributed by atoms with E-state index in [2.05, 4.69) is 17.5 Å². The smallest absolute Gasteiger partial charge is 0.343 e. The lowest BCUT2D eigenvalue weighted by Crippen LogP contribution is -2.24. The van der Waals surface area contributed by atoms with Gasteiger partial charge in [0.2, 0.25) is 0 Å². The van der Waals surface area contributed by atoms with Crippen LogP contribution in [0.1, 0.15) is 51.6 Å². The van der Waals surface area contributed by atoms with Crippen LogP contribution in [0.15, 0.2) is 96.1 Å². The Morgan fingerprint density at radius 2 is 1.35 bits per heavy atom. The minimum Gasteiger partial charge on any atom is -0.484 e. The molecule has 4 rings (SSSR count). The molecule has 0 bridgehead atoms. The number of nitrogens with zero attached hydrogens (tertiary/aromatic N) is 1. The summed E-state index contributed by atoms with van der Waals surface area (Å²) in [5.41, 5.74) is 4.46. The molecule has 1 amide bonds. The van der Waals surface area contributed by atoms with Crippen molar-refractivity contribution in [2.75, 3.05) is 6.61 Å². The number of amides is 1. The van der Waals surface area contributed by atoms with Gasteiger partial charge in [0.1, 0.15) is 17.2 Å². The van der Waals surface area contributed by atoms with Crippen LogP contribution in [0.5, 0.6) is 17.2 Å². The average molecular weight is 620 g/mol. The second kappa shape index (κ2) is 15.5. The second-order valence-electron chi connectivity index (χ2n) is 9.32. The summed E-state index contributed by atoms with van der Waals surface area (Å²) in [5, 5.41) is 4.91. The molecule has 43 heavy (non-hydrogen) atoms. The first-order valence-electron chi connectivity index (χ1n) is 13.4. The van der Waals surface area contributed by atoms with Crippen molar-refractivity contribution in [3.63, 3.8) is 0 Å². The molecule has 0 saturated heterocycles. The van der Waals surface area contributed by atoms with Gasteiger partial charge >= 0.3 is 11.9 Å². The van der Waals surface area contributed by atoms with Crippen molar-refractivity contribution in [2.24, 2.45) is 5.10 Å². The van der Waals surface area contributed by atoms with E-state index < -0.39 is 17.8 Å². The van der Waals surface area contributed by atoms with Crippen molar-refractivity contribution in [3.8, 4) is 17.2 Å². The number of benzene rings is 4. The fourth-order valence-electron chi connectivity index (χ4n) is 3.76. The molecule has 0 atom stereocenters. The second-order valence-corrected chi connectivity index (χ2v) is 10.2. The van der Waals surface area contributed by atoms with Gasteiger partial charge in [-0.25, -0.2) is 15.0 Å². The Morgan fingerprint density at radius 3 is 1.95 bits per heavy atom. The van der Waals surface area contributed by atoms with Crippen LogP contribution in [0.3, 0.4) is 0 Å². The Bertz CT molecular complexity index is 1590. The van der Waals surface area contributed by atoms with Gasteiger partial charge in [0.25, 0.3) is 5.91 Å². The Balaban J connectivity index is 1.43. The Hall–Kier alpha value is -4.66. The largest absolute Gasteiger partial charge is 0.484 e. The third-order valence-electron chi connectivity index (χ3n) is 6.06. The number of esters is 2. The highest BCUT2D eigenvalue weighted by Crippen LogP contribution is 2.26. The molecule has 220 valence electrons. The van der Waals surface area contributed by atoms with Crippen molar-refractivity contribution in [1.29, 1.82) is 0 Å². The van der Waals surface area contributed by atoms with Crippen LogP contribution in [-0.4, -0.2) is 30.7 Å². The number of nitrogens with one attached hydrogen (secondary N) is 1. The third-order valence-corrected chi connectivity index (χ3v) is 6.57. The zero-order valence-corrected chi connectivity index (χ0v) is 24.7. The van der Waals surface area contributed by atoms with E-state index in [1.807, 2.05) is 24.3 Å². The first-order chi connectivity index (χ1) is 20.8. The van der Waals surface area contributed by atoms with Gasteiger partial charge in [-0.15, -0.1) is 0 Å². The molecular weight excluding hydrogens is 591 g/mol. The van der Waals surface area contributed by atoms with E-state index in [4.69, 9.17) is 37.4 Å². The third kappa shape index (κ3) is 9.70. The molecule has 0 fully saturated rings. The quantitative estimate of drug-likeness (QED) is 0.0773. The molecule has 0 spiro atoms. The number of carbonyl (C=O) groups is 3. The minimum absolute atomic E-state index is 0.0405. The van der Waals surface area contributed by atoms with Gasteiger partial charge in [-0.3, -0.25) is 4.79 Å². The molecule has 0 heterocycles. The van der Waals surface area contributed by atoms with E-state index >= 15 is 0 Å². The van der Waals surface area contributed by atoms with Crippen LogP contribution < -0.4 is 19.6 Å². The summed E-state index contributed by atoms with van der Waals surface area (Å²) in [6.07, 6.45) is 4.53. The van der Waals surface area contributed by atoms with Crippen LogP contribution in [0, 0.1) is 0 Å². The lowest BCUT2D eigenvalue weighted by atomic mass is 10.1. The van der Waals surface area contributed by atoms with Gasteiger partial charge < -0.3 is 14.2 Å². The summed E-state index contributed by atoms with van der Waals surface area (Å²) in [4.78, 5) is 37.7. The first-order valence-corrected chi connectivity index (χ1v) is 14.2. The summed E-state index contributed by atoms with van der Waals surface area (Å²) in [7, 11) is 0. The molecule has 0 aromatic heterocycles. The van der Waals surface area contributed by atoms with E-state index in [0.29, 0.717) is 21.4 Å². The normalized spacial score (nSPS) is 10.8. The van der Waals surface area contributed by atoms with Crippen molar-refractivity contribution in [3.05, 3.63) is 123 Å². The molecule has 0 saturated carbocycles. The molecular formula is C33H28Cl2N2O6. The maximum absolute atomic E-state index is 12.8. The summed E-state index contributed by atoms with van der Waals surface area (Å²) in [6.45, 7) is 1.90. The van der Waals surface area contributed by atoms with Crippen molar-refractivity contribution in [2.45, 2.75) is 26.2 Å². The predicted octanol–water partition coefficient (Wildman–Crippen LogP) is 7.30. The maximum atomic E-state index is 12.8. The lowest BCUT2D eigenvalue weighted by molar-refractivity contribution is -0.123. The standard InChI is InChI=1S/C33H28Cl2N2O6/c1-2-3-4-22-5-16-28(17-6-22)41-21-31(38)37-36-20-25-11-18-29(42-32(39)23-7-12-26(34)13-8-23)19-30(25)43-33(40)24-9-14-27(35)15-10-24/h5-20H,2-4,21H2,1H3,(H,37,38)/b36-20+. The van der Waals surface area contributed by atoms with Gasteiger partial charge in [0.15, 0.2) is 6.61 Å². The highest BCUT2D eigenvalue weighted by atomic mass is 35.5. The molecule has 0 aliphatic heterocycles. The van der Waals surface area contributed by atoms with Crippen LogP contribution in [0.25, 0.3) is 0 Å². The van der Waals surface area contributed by atoms with Gasteiger partial charge in [-0.2, -0.15) is 5.10 Å². The van der Waals surface area contributed by atoms with Crippen molar-refractivity contribution in [1.82, 2.24) is 5.43 Å². The SMILES string of the molecule is CCCCc1ccc(OCC(=O)N/N=C/c2ccc(OC(=O)c3ccc(Cl)cc3)cc2OC(=O)c2ccc(Cl)cc2)cc1. The zero-order chi connectivity index (χ0) is 30.6. The molecule has 4 aromatic carbocycles.